The summed E-state index contributed by atoms with van der Waals surface area (Å²) in [5.74, 6) is 1.03. The number of alkyl halides is 1. The highest BCUT2D eigenvalue weighted by molar-refractivity contribution is 7.13. The molecule has 1 N–H and O–H groups in total. The van der Waals surface area contributed by atoms with Crippen molar-refractivity contribution in [3.05, 3.63) is 40.9 Å². The number of methoxy groups -OCH3 is 1. The van der Waals surface area contributed by atoms with E-state index in [1.807, 2.05) is 29.6 Å². The predicted molar refractivity (Wildman–Crippen MR) is 77.0 cm³/mol. The summed E-state index contributed by atoms with van der Waals surface area (Å²) in [6.07, 6.45) is 0.305. The molecular formula is C13H13ClN2O2S. The van der Waals surface area contributed by atoms with Gasteiger partial charge in [-0.25, -0.2) is 4.98 Å². The molecule has 1 amide bonds. The number of halogens is 1. The van der Waals surface area contributed by atoms with E-state index in [-0.39, 0.29) is 5.91 Å². The van der Waals surface area contributed by atoms with Gasteiger partial charge in [-0.3, -0.25) is 4.79 Å². The van der Waals surface area contributed by atoms with Crippen LogP contribution in [-0.4, -0.2) is 18.0 Å². The van der Waals surface area contributed by atoms with Crippen LogP contribution in [0.4, 0.5) is 5.13 Å². The number of rotatable bonds is 5. The molecule has 19 heavy (non-hydrogen) atoms. The Morgan fingerprint density at radius 1 is 1.42 bits per heavy atom. The van der Waals surface area contributed by atoms with Gasteiger partial charge in [0.05, 0.1) is 25.1 Å². The zero-order valence-corrected chi connectivity index (χ0v) is 11.9. The summed E-state index contributed by atoms with van der Waals surface area (Å²) in [4.78, 5) is 16.0. The molecule has 0 spiro atoms. The van der Waals surface area contributed by atoms with Gasteiger partial charge in [-0.05, 0) is 17.7 Å². The molecule has 0 aliphatic heterocycles. The minimum absolute atomic E-state index is 0.0966. The number of hydrogen-bond donors (Lipinski definition) is 1. The highest BCUT2D eigenvalue weighted by Crippen LogP contribution is 2.17. The van der Waals surface area contributed by atoms with Crippen molar-refractivity contribution >= 4 is 34.0 Å². The predicted octanol–water partition coefficient (Wildman–Crippen LogP) is 3.07. The summed E-state index contributed by atoms with van der Waals surface area (Å²) in [6, 6.07) is 7.39. The second kappa shape index (κ2) is 6.54. The number of thiazole rings is 1. The third-order valence-electron chi connectivity index (χ3n) is 2.46. The molecule has 6 heteroatoms. The van der Waals surface area contributed by atoms with Crippen LogP contribution < -0.4 is 10.1 Å². The lowest BCUT2D eigenvalue weighted by atomic mass is 10.1. The Balaban J connectivity index is 1.93. The van der Waals surface area contributed by atoms with Gasteiger partial charge in [-0.15, -0.1) is 22.9 Å². The smallest absolute Gasteiger partial charge is 0.230 e. The molecule has 0 unspecified atom stereocenters. The van der Waals surface area contributed by atoms with Gasteiger partial charge in [0.2, 0.25) is 5.91 Å². The minimum Gasteiger partial charge on any atom is -0.497 e. The average molecular weight is 297 g/mol. The molecule has 2 aromatic rings. The zero-order valence-electron chi connectivity index (χ0n) is 10.4. The molecule has 1 heterocycles. The fraction of sp³-hybridized carbons (Fsp3) is 0.231. The first-order valence-electron chi connectivity index (χ1n) is 5.64. The van der Waals surface area contributed by atoms with Crippen molar-refractivity contribution in [3.8, 4) is 5.75 Å². The highest BCUT2D eigenvalue weighted by atomic mass is 35.5. The molecule has 0 saturated carbocycles. The van der Waals surface area contributed by atoms with Crippen molar-refractivity contribution in [1.29, 1.82) is 0 Å². The van der Waals surface area contributed by atoms with E-state index in [0.717, 1.165) is 17.0 Å². The maximum atomic E-state index is 11.8. The number of nitrogens with one attached hydrogen (secondary N) is 1. The first kappa shape index (κ1) is 13.8. The first-order valence-corrected chi connectivity index (χ1v) is 7.06. The number of carbonyl (C=O) groups excluding carboxylic acids is 1. The molecule has 0 atom stereocenters. The van der Waals surface area contributed by atoms with Crippen LogP contribution in [0.1, 0.15) is 11.3 Å². The minimum atomic E-state index is -0.0966. The second-order valence-electron chi connectivity index (χ2n) is 3.85. The zero-order chi connectivity index (χ0) is 13.7. The van der Waals surface area contributed by atoms with Gasteiger partial charge in [-0.2, -0.15) is 0 Å². The van der Waals surface area contributed by atoms with Crippen molar-refractivity contribution in [1.82, 2.24) is 4.98 Å². The van der Waals surface area contributed by atoms with Crippen LogP contribution in [0, 0.1) is 0 Å². The number of benzene rings is 1. The maximum absolute atomic E-state index is 11.8. The number of anilines is 1. The summed E-state index contributed by atoms with van der Waals surface area (Å²) in [5, 5.41) is 5.16. The fourth-order valence-corrected chi connectivity index (χ4v) is 2.47. The number of aromatic nitrogens is 1. The highest BCUT2D eigenvalue weighted by Gasteiger charge is 2.07. The molecule has 1 aromatic heterocycles. The van der Waals surface area contributed by atoms with E-state index in [4.69, 9.17) is 16.3 Å². The second-order valence-corrected chi connectivity index (χ2v) is 4.98. The largest absolute Gasteiger partial charge is 0.497 e. The quantitative estimate of drug-likeness (QED) is 0.863. The molecule has 100 valence electrons. The Morgan fingerprint density at radius 2 is 2.16 bits per heavy atom. The van der Waals surface area contributed by atoms with E-state index in [9.17, 15) is 4.79 Å². The van der Waals surface area contributed by atoms with Crippen molar-refractivity contribution < 1.29 is 9.53 Å². The van der Waals surface area contributed by atoms with E-state index in [1.165, 1.54) is 11.3 Å². The van der Waals surface area contributed by atoms with E-state index < -0.39 is 0 Å². The Kier molecular flexibility index (Phi) is 4.76. The number of amides is 1. The molecule has 0 radical (unpaired) electrons. The topological polar surface area (TPSA) is 51.2 Å². The van der Waals surface area contributed by atoms with Gasteiger partial charge >= 0.3 is 0 Å². The average Bonchev–Trinajstić information content (AvgIpc) is 2.87. The van der Waals surface area contributed by atoms with Crippen molar-refractivity contribution in [3.63, 3.8) is 0 Å². The SMILES string of the molecule is COc1ccc(CC(=O)Nc2nc(CCl)cs2)cc1. The standard InChI is InChI=1S/C13H13ClN2O2S/c1-18-11-4-2-9(3-5-11)6-12(17)16-13-15-10(7-14)8-19-13/h2-5,8H,6-7H2,1H3,(H,15,16,17). The van der Waals surface area contributed by atoms with Crippen molar-refractivity contribution in [2.24, 2.45) is 0 Å². The molecule has 0 saturated heterocycles. The van der Waals surface area contributed by atoms with Crippen LogP contribution >= 0.6 is 22.9 Å². The molecule has 0 bridgehead atoms. The molecule has 0 fully saturated rings. The Morgan fingerprint density at radius 3 is 2.74 bits per heavy atom. The maximum Gasteiger partial charge on any atom is 0.230 e. The summed E-state index contributed by atoms with van der Waals surface area (Å²) in [7, 11) is 1.61. The van der Waals surface area contributed by atoms with Gasteiger partial charge < -0.3 is 10.1 Å². The monoisotopic (exact) mass is 296 g/mol. The summed E-state index contributed by atoms with van der Waals surface area (Å²) in [5.41, 5.74) is 1.69. The Labute approximate surface area is 120 Å². The Bertz CT molecular complexity index is 554. The molecule has 4 nitrogen and oxygen atoms in total. The third kappa shape index (κ3) is 3.94. The summed E-state index contributed by atoms with van der Waals surface area (Å²) in [6.45, 7) is 0. The lowest BCUT2D eigenvalue weighted by molar-refractivity contribution is -0.115. The lowest BCUT2D eigenvalue weighted by Crippen LogP contribution is -2.14. The molecule has 0 aliphatic rings. The normalized spacial score (nSPS) is 10.2. The number of ether oxygens (including phenoxy) is 1. The molecule has 1 aromatic carbocycles. The Hall–Kier alpha value is -1.59. The van der Waals surface area contributed by atoms with Crippen molar-refractivity contribution in [2.75, 3.05) is 12.4 Å². The van der Waals surface area contributed by atoms with Gasteiger partial charge in [0.25, 0.3) is 0 Å². The third-order valence-corrected chi connectivity index (χ3v) is 3.54. The lowest BCUT2D eigenvalue weighted by Gasteiger charge is -2.03. The van der Waals surface area contributed by atoms with Gasteiger partial charge in [-0.1, -0.05) is 12.1 Å². The summed E-state index contributed by atoms with van der Waals surface area (Å²) < 4.78 is 5.06. The van der Waals surface area contributed by atoms with Crippen LogP contribution in [-0.2, 0) is 17.1 Å². The molecule has 0 aliphatic carbocycles. The van der Waals surface area contributed by atoms with Crippen LogP contribution in [0.15, 0.2) is 29.6 Å². The van der Waals surface area contributed by atoms with Crippen LogP contribution in [0.5, 0.6) is 5.75 Å². The molecule has 2 rings (SSSR count). The van der Waals surface area contributed by atoms with Gasteiger partial charge in [0.15, 0.2) is 5.13 Å². The van der Waals surface area contributed by atoms with E-state index in [0.29, 0.717) is 17.4 Å². The summed E-state index contributed by atoms with van der Waals surface area (Å²) >= 11 is 7.03. The van der Waals surface area contributed by atoms with E-state index in [1.54, 1.807) is 7.11 Å². The number of nitrogens with zero attached hydrogens (tertiary/aromatic N) is 1. The number of carbonyl (C=O) groups is 1. The first-order chi connectivity index (χ1) is 9.21. The van der Waals surface area contributed by atoms with Crippen LogP contribution in [0.2, 0.25) is 0 Å². The van der Waals surface area contributed by atoms with Crippen molar-refractivity contribution in [2.45, 2.75) is 12.3 Å². The van der Waals surface area contributed by atoms with Crippen LogP contribution in [0.25, 0.3) is 0 Å². The molecular weight excluding hydrogens is 284 g/mol. The number of hydrogen-bond acceptors (Lipinski definition) is 4. The fourth-order valence-electron chi connectivity index (χ4n) is 1.52. The van der Waals surface area contributed by atoms with Gasteiger partial charge in [0.1, 0.15) is 5.75 Å². The van der Waals surface area contributed by atoms with E-state index >= 15 is 0 Å². The van der Waals surface area contributed by atoms with Gasteiger partial charge in [0, 0.05) is 5.38 Å². The van der Waals surface area contributed by atoms with E-state index in [2.05, 4.69) is 10.3 Å². The van der Waals surface area contributed by atoms with Crippen LogP contribution in [0.3, 0.4) is 0 Å².